The van der Waals surface area contributed by atoms with Crippen LogP contribution in [0.1, 0.15) is 0 Å². The molecule has 62 valence electrons. The maximum atomic E-state index is 12.9. The van der Waals surface area contributed by atoms with E-state index >= 15 is 0 Å². The van der Waals surface area contributed by atoms with Gasteiger partial charge in [0.05, 0.1) is 5.52 Å². The Morgan fingerprint density at radius 3 is 2.92 bits per heavy atom. The average Bonchev–Trinajstić information content (AvgIpc) is 2.33. The molecule has 0 aliphatic heterocycles. The number of aromatic nitrogens is 1. The molecule has 0 atom stereocenters. The number of rotatable bonds is 0. The van der Waals surface area contributed by atoms with Crippen molar-refractivity contribution in [3.63, 3.8) is 0 Å². The molecule has 1 heterocycles. The van der Waals surface area contributed by atoms with Crippen LogP contribution >= 0.6 is 38.5 Å². The minimum absolute atomic E-state index is 0.216. The van der Waals surface area contributed by atoms with Gasteiger partial charge in [-0.25, -0.2) is 4.39 Å². The standard InChI is InChI=1S/C8H4BrFIN/c9-6-2-4(10)1-5-7(11)3-12-8(5)6/h1-3,12H. The van der Waals surface area contributed by atoms with Crippen molar-refractivity contribution in [1.82, 2.24) is 4.98 Å². The molecule has 1 nitrogen and oxygen atoms in total. The molecule has 1 aromatic carbocycles. The lowest BCUT2D eigenvalue weighted by atomic mass is 10.2. The second-order valence-corrected chi connectivity index (χ2v) is 4.46. The number of hydrogen-bond donors (Lipinski definition) is 1. The molecule has 0 aliphatic rings. The summed E-state index contributed by atoms with van der Waals surface area (Å²) in [5, 5.41) is 0.919. The van der Waals surface area contributed by atoms with Gasteiger partial charge in [-0.15, -0.1) is 0 Å². The molecule has 0 unspecified atom stereocenters. The molecular weight excluding hydrogens is 336 g/mol. The number of aromatic amines is 1. The molecule has 1 N–H and O–H groups in total. The zero-order valence-corrected chi connectivity index (χ0v) is 9.61. The molecule has 0 spiro atoms. The lowest BCUT2D eigenvalue weighted by Gasteiger charge is -1.94. The smallest absolute Gasteiger partial charge is 0.125 e. The van der Waals surface area contributed by atoms with E-state index in [1.165, 1.54) is 12.1 Å². The highest BCUT2D eigenvalue weighted by molar-refractivity contribution is 14.1. The molecule has 4 heteroatoms. The minimum atomic E-state index is -0.216. The fourth-order valence-corrected chi connectivity index (χ4v) is 2.25. The van der Waals surface area contributed by atoms with E-state index in [2.05, 4.69) is 43.5 Å². The van der Waals surface area contributed by atoms with Crippen LogP contribution in [0.4, 0.5) is 4.39 Å². The third-order valence-corrected chi connectivity index (χ3v) is 3.17. The van der Waals surface area contributed by atoms with Crippen LogP contribution in [0.15, 0.2) is 22.8 Å². The summed E-state index contributed by atoms with van der Waals surface area (Å²) in [5.41, 5.74) is 0.945. The van der Waals surface area contributed by atoms with Gasteiger partial charge in [0, 0.05) is 19.6 Å². The van der Waals surface area contributed by atoms with Crippen molar-refractivity contribution >= 4 is 49.4 Å². The maximum Gasteiger partial charge on any atom is 0.125 e. The summed E-state index contributed by atoms with van der Waals surface area (Å²) in [5.74, 6) is -0.216. The number of benzene rings is 1. The van der Waals surface area contributed by atoms with E-state index in [0.717, 1.165) is 18.9 Å². The van der Waals surface area contributed by atoms with Crippen LogP contribution in [0.25, 0.3) is 10.9 Å². The lowest BCUT2D eigenvalue weighted by Crippen LogP contribution is -1.76. The highest BCUT2D eigenvalue weighted by atomic mass is 127. The molecule has 0 saturated carbocycles. The van der Waals surface area contributed by atoms with Crippen molar-refractivity contribution in [2.75, 3.05) is 0 Å². The number of halogens is 3. The molecule has 0 saturated heterocycles. The summed E-state index contributed by atoms with van der Waals surface area (Å²) in [6.45, 7) is 0. The molecule has 0 radical (unpaired) electrons. The largest absolute Gasteiger partial charge is 0.359 e. The van der Waals surface area contributed by atoms with Crippen molar-refractivity contribution in [1.29, 1.82) is 0 Å². The van der Waals surface area contributed by atoms with Crippen LogP contribution < -0.4 is 0 Å². The topological polar surface area (TPSA) is 15.8 Å². The van der Waals surface area contributed by atoms with Crippen LogP contribution in [0.2, 0.25) is 0 Å². The predicted octanol–water partition coefficient (Wildman–Crippen LogP) is 3.67. The first-order chi connectivity index (χ1) is 5.68. The lowest BCUT2D eigenvalue weighted by molar-refractivity contribution is 0.629. The van der Waals surface area contributed by atoms with Gasteiger partial charge in [-0.05, 0) is 50.7 Å². The Bertz CT molecular complexity index is 438. The van der Waals surface area contributed by atoms with E-state index in [9.17, 15) is 4.39 Å². The number of hydrogen-bond acceptors (Lipinski definition) is 0. The zero-order chi connectivity index (χ0) is 8.72. The molecular formula is C8H4BrFIN. The Morgan fingerprint density at radius 2 is 2.17 bits per heavy atom. The van der Waals surface area contributed by atoms with Crippen molar-refractivity contribution in [3.05, 3.63) is 32.2 Å². The fraction of sp³-hybridized carbons (Fsp3) is 0. The molecule has 0 fully saturated rings. The van der Waals surface area contributed by atoms with Crippen molar-refractivity contribution in [3.8, 4) is 0 Å². The highest BCUT2D eigenvalue weighted by Crippen LogP contribution is 2.27. The molecule has 2 rings (SSSR count). The van der Waals surface area contributed by atoms with Gasteiger partial charge in [0.15, 0.2) is 0 Å². The van der Waals surface area contributed by atoms with Gasteiger partial charge < -0.3 is 4.98 Å². The Balaban J connectivity index is 2.92. The number of H-pyrrole nitrogens is 1. The van der Waals surface area contributed by atoms with Crippen molar-refractivity contribution in [2.24, 2.45) is 0 Å². The van der Waals surface area contributed by atoms with Crippen LogP contribution in [0, 0.1) is 9.39 Å². The van der Waals surface area contributed by atoms with E-state index in [0.29, 0.717) is 0 Å². The normalized spacial score (nSPS) is 10.9. The van der Waals surface area contributed by atoms with E-state index in [1.54, 1.807) is 0 Å². The van der Waals surface area contributed by atoms with Gasteiger partial charge in [0.1, 0.15) is 5.82 Å². The van der Waals surface area contributed by atoms with Crippen molar-refractivity contribution < 1.29 is 4.39 Å². The first-order valence-corrected chi connectivity index (χ1v) is 5.17. The Hall–Kier alpha value is -0.100. The van der Waals surface area contributed by atoms with Crippen LogP contribution in [-0.2, 0) is 0 Å². The molecule has 12 heavy (non-hydrogen) atoms. The Kier molecular flexibility index (Phi) is 2.12. The van der Waals surface area contributed by atoms with Gasteiger partial charge >= 0.3 is 0 Å². The molecule has 0 amide bonds. The van der Waals surface area contributed by atoms with Gasteiger partial charge in [0.2, 0.25) is 0 Å². The average molecular weight is 340 g/mol. The summed E-state index contributed by atoms with van der Waals surface area (Å²) in [7, 11) is 0. The summed E-state index contributed by atoms with van der Waals surface area (Å²) >= 11 is 5.45. The van der Waals surface area contributed by atoms with E-state index in [1.807, 2.05) is 6.20 Å². The molecule has 0 bridgehead atoms. The fourth-order valence-electron chi connectivity index (χ4n) is 1.12. The van der Waals surface area contributed by atoms with Gasteiger partial charge in [-0.1, -0.05) is 0 Å². The zero-order valence-electron chi connectivity index (χ0n) is 5.87. The Morgan fingerprint density at radius 1 is 1.42 bits per heavy atom. The van der Waals surface area contributed by atoms with Gasteiger partial charge in [-0.3, -0.25) is 0 Å². The maximum absolute atomic E-state index is 12.9. The summed E-state index contributed by atoms with van der Waals surface area (Å²) in [6, 6.07) is 2.98. The Labute approximate surface area is 90.6 Å². The SMILES string of the molecule is Fc1cc(Br)c2[nH]cc(I)c2c1. The van der Waals surface area contributed by atoms with Crippen LogP contribution in [0.5, 0.6) is 0 Å². The molecule has 2 aromatic rings. The second-order valence-electron chi connectivity index (χ2n) is 2.45. The molecule has 1 aromatic heterocycles. The summed E-state index contributed by atoms with van der Waals surface area (Å²) < 4.78 is 14.7. The highest BCUT2D eigenvalue weighted by Gasteiger charge is 2.05. The summed E-state index contributed by atoms with van der Waals surface area (Å²) in [6.07, 6.45) is 1.86. The number of nitrogens with one attached hydrogen (secondary N) is 1. The number of fused-ring (bicyclic) bond motifs is 1. The van der Waals surface area contributed by atoms with Crippen LogP contribution in [0.3, 0.4) is 0 Å². The summed E-state index contributed by atoms with van der Waals surface area (Å²) in [4.78, 5) is 3.06. The first kappa shape index (κ1) is 8.50. The first-order valence-electron chi connectivity index (χ1n) is 3.30. The monoisotopic (exact) mass is 339 g/mol. The van der Waals surface area contributed by atoms with E-state index in [4.69, 9.17) is 0 Å². The third-order valence-electron chi connectivity index (χ3n) is 1.66. The van der Waals surface area contributed by atoms with E-state index in [-0.39, 0.29) is 5.82 Å². The molecule has 0 aliphatic carbocycles. The van der Waals surface area contributed by atoms with Gasteiger partial charge in [0.25, 0.3) is 0 Å². The second kappa shape index (κ2) is 2.99. The predicted molar refractivity (Wildman–Crippen MR) is 58.7 cm³/mol. The minimum Gasteiger partial charge on any atom is -0.359 e. The quantitative estimate of drug-likeness (QED) is 0.705. The van der Waals surface area contributed by atoms with Gasteiger partial charge in [-0.2, -0.15) is 0 Å². The van der Waals surface area contributed by atoms with Crippen LogP contribution in [-0.4, -0.2) is 4.98 Å². The third kappa shape index (κ3) is 1.26. The van der Waals surface area contributed by atoms with Crippen molar-refractivity contribution in [2.45, 2.75) is 0 Å². The van der Waals surface area contributed by atoms with E-state index < -0.39 is 0 Å².